The molecule has 4 fully saturated rings. The molecule has 4 aliphatic heterocycles. The van der Waals surface area contributed by atoms with Gasteiger partial charge in [-0.15, -0.1) is 11.3 Å². The maximum atomic E-state index is 14.4. The van der Waals surface area contributed by atoms with Crippen molar-refractivity contribution in [2.24, 2.45) is 5.92 Å². The fourth-order valence-electron chi connectivity index (χ4n) is 13.3. The molecule has 4 aromatic carbocycles. The number of piperidine rings is 1. The van der Waals surface area contributed by atoms with Crippen LogP contribution in [-0.4, -0.2) is 182 Å². The number of fused-ring (bicyclic) bond motifs is 3. The number of aromatic nitrogens is 3. The summed E-state index contributed by atoms with van der Waals surface area (Å²) in [6.45, 7) is 17.3. The Labute approximate surface area is 515 Å². The van der Waals surface area contributed by atoms with Gasteiger partial charge < -0.3 is 59.0 Å². The van der Waals surface area contributed by atoms with Crippen LogP contribution < -0.4 is 29.9 Å². The average molecular weight is 1210 g/mol. The molecule has 1 aliphatic carbocycles. The summed E-state index contributed by atoms with van der Waals surface area (Å²) in [6.07, 6.45) is 10.9. The lowest BCUT2D eigenvalue weighted by molar-refractivity contribution is -0.139. The van der Waals surface area contributed by atoms with Crippen molar-refractivity contribution < 1.29 is 43.2 Å². The van der Waals surface area contributed by atoms with E-state index in [1.54, 1.807) is 24.5 Å². The van der Waals surface area contributed by atoms with Gasteiger partial charge in [0.15, 0.2) is 0 Å². The molecule has 3 N–H and O–H groups in total. The highest BCUT2D eigenvalue weighted by atomic mass is 32.1. The Balaban J connectivity index is 0.599. The molecular weight excluding hydrogens is 1120 g/mol. The lowest BCUT2D eigenvalue weighted by Gasteiger charge is -2.38. The van der Waals surface area contributed by atoms with Gasteiger partial charge in [0.05, 0.1) is 69.2 Å². The van der Waals surface area contributed by atoms with Crippen LogP contribution in [0.3, 0.4) is 0 Å². The lowest BCUT2D eigenvalue weighted by Crippen LogP contribution is -2.55. The highest BCUT2D eigenvalue weighted by Gasteiger charge is 2.40. The van der Waals surface area contributed by atoms with Crippen molar-refractivity contribution >= 4 is 62.1 Å². The first-order valence-corrected chi connectivity index (χ1v) is 32.5. The second-order valence-electron chi connectivity index (χ2n) is 23.8. The third-order valence-corrected chi connectivity index (χ3v) is 19.0. The Bertz CT molecular complexity index is 3320. The van der Waals surface area contributed by atoms with Gasteiger partial charge >= 0.3 is 6.01 Å². The van der Waals surface area contributed by atoms with E-state index in [4.69, 9.17) is 38.6 Å². The standard InChI is InChI=1S/C67H86N10O9S/c1-5-61(79)74-30-32-75(33-31-74)63-55-25-29-76(59-41-49(78)40-48-16-9-10-17-51(48)59)43-56(55)70-67(72-63)86-45(2)42-73-27-23-50(24-28-73)84-38-36-82-34-35-83-37-39-85-60-22-21-53(52-18-11-12-19-54(52)60)57-44-87-65(69-57)58-20-13-26-77(58)66(81)62(47-14-7-6-8-15-47)71-64(80)46(3)68-4/h5,9-12,16-19,21-22,40-41,44-47,50,58,62,68,78H,1,6-8,13-15,20,23-39,42-43H2,2-4H3,(H,71,80)/t45?,46?,58-,62?/m0/s1. The molecule has 1 saturated carbocycles. The largest absolute Gasteiger partial charge is 0.508 e. The van der Waals surface area contributed by atoms with Gasteiger partial charge in [0, 0.05) is 97.9 Å². The Morgan fingerprint density at radius 3 is 2.28 bits per heavy atom. The molecule has 11 rings (SSSR count). The fraction of sp³-hybridized carbons (Fsp3) is 0.522. The van der Waals surface area contributed by atoms with Gasteiger partial charge in [0.2, 0.25) is 17.7 Å². The number of piperazine rings is 1. The maximum absolute atomic E-state index is 14.4. The minimum Gasteiger partial charge on any atom is -0.508 e. The Kier molecular flexibility index (Phi) is 20.8. The molecular formula is C67H86N10O9S. The Hall–Kier alpha value is -6.94. The molecule has 6 heterocycles. The predicted octanol–water partition coefficient (Wildman–Crippen LogP) is 8.71. The summed E-state index contributed by atoms with van der Waals surface area (Å²) in [5.41, 5.74) is 4.87. The summed E-state index contributed by atoms with van der Waals surface area (Å²) in [4.78, 5) is 66.1. The summed E-state index contributed by atoms with van der Waals surface area (Å²) in [5, 5.41) is 24.0. The molecule has 3 unspecified atom stereocenters. The zero-order valence-electron chi connectivity index (χ0n) is 50.8. The number of carbonyl (C=O) groups excluding carboxylic acids is 3. The van der Waals surface area contributed by atoms with Crippen LogP contribution in [-0.2, 0) is 41.6 Å². The van der Waals surface area contributed by atoms with Crippen molar-refractivity contribution in [3.05, 3.63) is 107 Å². The number of carbonyl (C=O) groups is 3. The van der Waals surface area contributed by atoms with Crippen molar-refractivity contribution in [3.63, 3.8) is 0 Å². The first kappa shape index (κ1) is 61.7. The zero-order chi connectivity index (χ0) is 60.2. The van der Waals surface area contributed by atoms with Gasteiger partial charge in [-0.2, -0.15) is 9.97 Å². The van der Waals surface area contributed by atoms with Gasteiger partial charge in [0.25, 0.3) is 0 Å². The quantitative estimate of drug-likeness (QED) is 0.0363. The SMILES string of the molecule is C=CC(=O)N1CCN(c2nc(OC(C)CN3CCC(OCCOCCOCCOc4ccc(-c5csc([C@@H]6CCCN6C(=O)C(NC(=O)C(C)NC)C6CCCCC6)n5)c5ccccc45)CC3)nc3c2CCN(c2cc(O)cc4ccccc24)C3)CC1. The van der Waals surface area contributed by atoms with Crippen LogP contribution in [0.1, 0.15) is 93.9 Å². The van der Waals surface area contributed by atoms with Gasteiger partial charge in [-0.25, -0.2) is 4.98 Å². The summed E-state index contributed by atoms with van der Waals surface area (Å²) in [6, 6.07) is 23.4. The Morgan fingerprint density at radius 1 is 0.770 bits per heavy atom. The number of rotatable bonds is 25. The number of benzene rings is 4. The van der Waals surface area contributed by atoms with Gasteiger partial charge in [-0.3, -0.25) is 19.3 Å². The van der Waals surface area contributed by atoms with Crippen molar-refractivity contribution in [2.45, 2.75) is 115 Å². The smallest absolute Gasteiger partial charge is 0.318 e. The molecule has 6 aromatic rings. The average Bonchev–Trinajstić information content (AvgIpc) is 2.35. The number of thiazole rings is 1. The lowest BCUT2D eigenvalue weighted by atomic mass is 9.83. The third-order valence-electron chi connectivity index (χ3n) is 18.1. The molecule has 19 nitrogen and oxygen atoms in total. The van der Waals surface area contributed by atoms with Gasteiger partial charge in [-0.1, -0.05) is 74.4 Å². The van der Waals surface area contributed by atoms with E-state index in [1.165, 1.54) is 12.5 Å². The molecule has 5 aliphatic rings. The van der Waals surface area contributed by atoms with Crippen molar-refractivity contribution in [2.75, 3.05) is 115 Å². The summed E-state index contributed by atoms with van der Waals surface area (Å²) < 4.78 is 30.9. The van der Waals surface area contributed by atoms with E-state index >= 15 is 0 Å². The monoisotopic (exact) mass is 1210 g/mol. The molecule has 20 heteroatoms. The van der Waals surface area contributed by atoms with Crippen LogP contribution in [0.4, 0.5) is 11.5 Å². The van der Waals surface area contributed by atoms with E-state index in [1.807, 2.05) is 59.2 Å². The van der Waals surface area contributed by atoms with E-state index in [9.17, 15) is 19.5 Å². The number of anilines is 2. The molecule has 3 amide bonds. The number of phenolic OH excluding ortho intramolecular Hbond substituents is 1. The van der Waals surface area contributed by atoms with Crippen LogP contribution in [0.25, 0.3) is 32.8 Å². The minimum absolute atomic E-state index is 0.0167. The second kappa shape index (κ2) is 29.4. The van der Waals surface area contributed by atoms with Crippen LogP contribution in [0.15, 0.2) is 90.8 Å². The van der Waals surface area contributed by atoms with Crippen LogP contribution in [0, 0.1) is 5.92 Å². The normalized spacial score (nSPS) is 19.0. The fourth-order valence-corrected chi connectivity index (χ4v) is 14.2. The number of nitrogens with zero attached hydrogens (tertiary/aromatic N) is 8. The molecule has 87 heavy (non-hydrogen) atoms. The number of ether oxygens (including phenoxy) is 5. The number of likely N-dealkylation sites (N-methyl/N-ethyl adjacent to an activating group) is 1. The minimum atomic E-state index is -0.531. The van der Waals surface area contributed by atoms with E-state index in [2.05, 4.69) is 68.5 Å². The van der Waals surface area contributed by atoms with Crippen LogP contribution in [0.5, 0.6) is 17.5 Å². The van der Waals surface area contributed by atoms with E-state index in [0.717, 1.165) is 150 Å². The highest BCUT2D eigenvalue weighted by Crippen LogP contribution is 2.41. The van der Waals surface area contributed by atoms with E-state index < -0.39 is 6.04 Å². The molecule has 3 saturated heterocycles. The summed E-state index contributed by atoms with van der Waals surface area (Å²) in [5.74, 6) is 1.84. The number of phenols is 1. The van der Waals surface area contributed by atoms with Crippen molar-refractivity contribution in [1.82, 2.24) is 40.3 Å². The number of likely N-dealkylation sites (tertiary alicyclic amines) is 2. The molecule has 4 atom stereocenters. The number of aromatic hydroxyl groups is 1. The first-order valence-electron chi connectivity index (χ1n) is 31.6. The van der Waals surface area contributed by atoms with E-state index in [-0.39, 0.29) is 53.7 Å². The molecule has 0 spiro atoms. The maximum Gasteiger partial charge on any atom is 0.318 e. The summed E-state index contributed by atoms with van der Waals surface area (Å²) >= 11 is 1.60. The number of hydrogen-bond donors (Lipinski definition) is 3. The number of nitrogens with one attached hydrogen (secondary N) is 2. The molecule has 0 bridgehead atoms. The molecule has 464 valence electrons. The number of hydrogen-bond acceptors (Lipinski definition) is 17. The first-order chi connectivity index (χ1) is 42.5. The Morgan fingerprint density at radius 2 is 1.51 bits per heavy atom. The second-order valence-corrected chi connectivity index (χ2v) is 24.7. The van der Waals surface area contributed by atoms with Crippen LogP contribution >= 0.6 is 11.3 Å². The topological polar surface area (TPSA) is 197 Å². The third kappa shape index (κ3) is 15.0. The van der Waals surface area contributed by atoms with Gasteiger partial charge in [-0.05, 0) is 107 Å². The summed E-state index contributed by atoms with van der Waals surface area (Å²) in [7, 11) is 1.77. The van der Waals surface area contributed by atoms with Gasteiger partial charge in [0.1, 0.15) is 41.1 Å². The zero-order valence-corrected chi connectivity index (χ0v) is 51.7. The molecule has 2 aromatic heterocycles. The van der Waals surface area contributed by atoms with E-state index in [0.29, 0.717) is 84.9 Å². The predicted molar refractivity (Wildman–Crippen MR) is 340 cm³/mol. The highest BCUT2D eigenvalue weighted by molar-refractivity contribution is 7.10. The van der Waals surface area contributed by atoms with Crippen LogP contribution in [0.2, 0.25) is 0 Å². The van der Waals surface area contributed by atoms with Crippen molar-refractivity contribution in [3.8, 4) is 28.8 Å². The molecule has 0 radical (unpaired) electrons. The van der Waals surface area contributed by atoms with Crippen molar-refractivity contribution in [1.29, 1.82) is 0 Å². The number of amides is 3.